The number of ketones is 1. The van der Waals surface area contributed by atoms with Crippen molar-refractivity contribution in [1.82, 2.24) is 4.98 Å². The molecule has 3 heteroatoms. The van der Waals surface area contributed by atoms with Crippen LogP contribution in [0.4, 0.5) is 5.69 Å². The Morgan fingerprint density at radius 2 is 1.50 bits per heavy atom. The predicted octanol–water partition coefficient (Wildman–Crippen LogP) is 4.70. The van der Waals surface area contributed by atoms with Crippen LogP contribution in [0.15, 0.2) is 41.4 Å². The molecule has 2 rings (SSSR count). The van der Waals surface area contributed by atoms with Crippen molar-refractivity contribution in [2.75, 3.05) is 0 Å². The minimum atomic E-state index is 0.0123. The van der Waals surface area contributed by atoms with Gasteiger partial charge in [0.15, 0.2) is 5.78 Å². The standard InChI is InChI=1S/C19H24N2O/c1-12(2)15-8-6-9-16(13(3)4)19(15)21-18-11-7-10-17(20-18)14(5)22/h6-13H,1-5H3,(H,20,21). The molecule has 1 aromatic carbocycles. The van der Waals surface area contributed by atoms with Crippen LogP contribution < -0.4 is 5.49 Å². The van der Waals surface area contributed by atoms with E-state index in [1.54, 1.807) is 13.0 Å². The number of nitrogens with one attached hydrogen (secondary N) is 1. The summed E-state index contributed by atoms with van der Waals surface area (Å²) < 4.78 is 0. The Bertz CT molecular complexity index is 713. The Balaban J connectivity index is 2.68. The minimum absolute atomic E-state index is 0.0123. The molecule has 0 atom stereocenters. The lowest BCUT2D eigenvalue weighted by Gasteiger charge is -2.16. The molecule has 0 fully saturated rings. The normalized spacial score (nSPS) is 12.2. The van der Waals surface area contributed by atoms with Gasteiger partial charge < -0.3 is 4.98 Å². The van der Waals surface area contributed by atoms with E-state index in [0.29, 0.717) is 23.0 Å². The number of rotatable bonds is 4. The second-order valence-corrected chi connectivity index (χ2v) is 6.21. The molecule has 0 unspecified atom stereocenters. The van der Waals surface area contributed by atoms with Crippen LogP contribution in [-0.4, -0.2) is 10.8 Å². The van der Waals surface area contributed by atoms with Crippen molar-refractivity contribution in [1.29, 1.82) is 0 Å². The van der Waals surface area contributed by atoms with Crippen molar-refractivity contribution in [3.8, 4) is 0 Å². The topological polar surface area (TPSA) is 45.2 Å². The number of aromatic amines is 1. The van der Waals surface area contributed by atoms with Crippen LogP contribution in [0.2, 0.25) is 0 Å². The fourth-order valence-corrected chi connectivity index (χ4v) is 2.49. The first kappa shape index (κ1) is 16.2. The Hall–Kier alpha value is -2.16. The van der Waals surface area contributed by atoms with Gasteiger partial charge in [0, 0.05) is 6.92 Å². The molecule has 0 aliphatic carbocycles. The maximum atomic E-state index is 11.5. The van der Waals surface area contributed by atoms with Gasteiger partial charge in [0.25, 0.3) is 0 Å². The number of carbonyl (C=O) groups excluding carboxylic acids is 1. The quantitative estimate of drug-likeness (QED) is 0.817. The Kier molecular flexibility index (Phi) is 4.96. The number of benzene rings is 1. The lowest BCUT2D eigenvalue weighted by Crippen LogP contribution is -2.11. The predicted molar refractivity (Wildman–Crippen MR) is 90.6 cm³/mol. The van der Waals surface area contributed by atoms with E-state index < -0.39 is 0 Å². The molecule has 22 heavy (non-hydrogen) atoms. The van der Waals surface area contributed by atoms with Gasteiger partial charge >= 0.3 is 0 Å². The fourth-order valence-electron chi connectivity index (χ4n) is 2.49. The van der Waals surface area contributed by atoms with Crippen LogP contribution in [0.1, 0.15) is 68.1 Å². The maximum absolute atomic E-state index is 11.5. The summed E-state index contributed by atoms with van der Waals surface area (Å²) in [7, 11) is 0. The number of para-hydroxylation sites is 1. The summed E-state index contributed by atoms with van der Waals surface area (Å²) in [4.78, 5) is 19.5. The van der Waals surface area contributed by atoms with Crippen LogP contribution in [0.5, 0.6) is 0 Å². The van der Waals surface area contributed by atoms with Crippen molar-refractivity contribution in [2.45, 2.75) is 46.5 Å². The summed E-state index contributed by atoms with van der Waals surface area (Å²) in [5.74, 6) is 0.806. The van der Waals surface area contributed by atoms with Crippen molar-refractivity contribution in [3.63, 3.8) is 0 Å². The van der Waals surface area contributed by atoms with Gasteiger partial charge in [-0.05, 0) is 35.1 Å². The lowest BCUT2D eigenvalue weighted by atomic mass is 9.93. The third-order valence-corrected chi connectivity index (χ3v) is 3.73. The zero-order chi connectivity index (χ0) is 16.3. The second-order valence-electron chi connectivity index (χ2n) is 6.21. The van der Waals surface area contributed by atoms with E-state index in [9.17, 15) is 4.79 Å². The van der Waals surface area contributed by atoms with Gasteiger partial charge in [0.05, 0.1) is 11.4 Å². The van der Waals surface area contributed by atoms with Gasteiger partial charge in [-0.2, -0.15) is 0 Å². The average molecular weight is 296 g/mol. The molecule has 0 bridgehead atoms. The molecule has 0 radical (unpaired) electrons. The molecule has 0 saturated heterocycles. The Morgan fingerprint density at radius 3 is 2.00 bits per heavy atom. The first-order valence-electron chi connectivity index (χ1n) is 7.78. The van der Waals surface area contributed by atoms with Crippen LogP contribution in [0.3, 0.4) is 0 Å². The molecule has 0 spiro atoms. The molecule has 0 aliphatic heterocycles. The summed E-state index contributed by atoms with van der Waals surface area (Å²) >= 11 is 0. The summed E-state index contributed by atoms with van der Waals surface area (Å²) in [5.41, 5.74) is 4.77. The third kappa shape index (κ3) is 3.53. The number of H-pyrrole nitrogens is 1. The van der Waals surface area contributed by atoms with E-state index in [4.69, 9.17) is 4.99 Å². The Morgan fingerprint density at radius 1 is 0.955 bits per heavy atom. The molecule has 1 N–H and O–H groups in total. The van der Waals surface area contributed by atoms with Crippen LogP contribution in [0.25, 0.3) is 0 Å². The molecule has 0 amide bonds. The van der Waals surface area contributed by atoms with Crippen LogP contribution >= 0.6 is 0 Å². The van der Waals surface area contributed by atoms with Crippen molar-refractivity contribution in [2.24, 2.45) is 4.99 Å². The van der Waals surface area contributed by atoms with Crippen molar-refractivity contribution < 1.29 is 4.79 Å². The number of Topliss-reactive ketones (excluding diaryl/α,β-unsaturated/α-hetero) is 1. The van der Waals surface area contributed by atoms with Crippen molar-refractivity contribution >= 4 is 11.5 Å². The van der Waals surface area contributed by atoms with Crippen LogP contribution in [-0.2, 0) is 0 Å². The Labute approximate surface area is 132 Å². The fraction of sp³-hybridized carbons (Fsp3) is 0.368. The van der Waals surface area contributed by atoms with Gasteiger partial charge in [-0.15, -0.1) is 0 Å². The van der Waals surface area contributed by atoms with Gasteiger partial charge in [0.2, 0.25) is 0 Å². The van der Waals surface area contributed by atoms with E-state index in [1.165, 1.54) is 11.1 Å². The first-order valence-corrected chi connectivity index (χ1v) is 7.78. The van der Waals surface area contributed by atoms with Gasteiger partial charge in [-0.1, -0.05) is 52.0 Å². The lowest BCUT2D eigenvalue weighted by molar-refractivity contribution is 0.101. The summed E-state index contributed by atoms with van der Waals surface area (Å²) in [6.07, 6.45) is 0. The smallest absolute Gasteiger partial charge is 0.175 e. The monoisotopic (exact) mass is 296 g/mol. The van der Waals surface area contributed by atoms with Crippen molar-refractivity contribution in [3.05, 3.63) is 58.7 Å². The molecular weight excluding hydrogens is 272 g/mol. The van der Waals surface area contributed by atoms with Gasteiger partial charge in [-0.25, -0.2) is 4.99 Å². The minimum Gasteiger partial charge on any atom is -0.337 e. The zero-order valence-electron chi connectivity index (χ0n) is 14.0. The van der Waals surface area contributed by atoms with Gasteiger partial charge in [-0.3, -0.25) is 4.79 Å². The van der Waals surface area contributed by atoms with E-state index in [-0.39, 0.29) is 5.78 Å². The molecular formula is C19H24N2O. The number of nitrogens with zero attached hydrogens (tertiary/aromatic N) is 1. The van der Waals surface area contributed by atoms with E-state index in [2.05, 4.69) is 50.9 Å². The summed E-state index contributed by atoms with van der Waals surface area (Å²) in [5, 5.41) is 0. The number of carbonyl (C=O) groups is 1. The number of pyridine rings is 1. The van der Waals surface area contributed by atoms with Gasteiger partial charge in [0.1, 0.15) is 5.49 Å². The molecule has 1 heterocycles. The number of hydrogen-bond acceptors (Lipinski definition) is 2. The molecule has 3 nitrogen and oxygen atoms in total. The molecule has 0 saturated carbocycles. The molecule has 116 valence electrons. The highest BCUT2D eigenvalue weighted by molar-refractivity contribution is 5.91. The van der Waals surface area contributed by atoms with E-state index in [0.717, 1.165) is 5.69 Å². The highest BCUT2D eigenvalue weighted by Gasteiger charge is 2.12. The first-order chi connectivity index (χ1) is 10.4. The zero-order valence-corrected chi connectivity index (χ0v) is 14.0. The largest absolute Gasteiger partial charge is 0.337 e. The SMILES string of the molecule is CC(=O)c1cccc(=Nc2c(C(C)C)cccc2C(C)C)[nH]1. The van der Waals surface area contributed by atoms with Crippen LogP contribution in [0, 0.1) is 0 Å². The van der Waals surface area contributed by atoms with E-state index in [1.807, 2.05) is 12.1 Å². The molecule has 2 aromatic rings. The maximum Gasteiger partial charge on any atom is 0.175 e. The second kappa shape index (κ2) is 6.73. The van der Waals surface area contributed by atoms with E-state index >= 15 is 0 Å². The average Bonchev–Trinajstić information content (AvgIpc) is 2.47. The highest BCUT2D eigenvalue weighted by Crippen LogP contribution is 2.34. The number of aromatic nitrogens is 1. The molecule has 0 aliphatic rings. The highest BCUT2D eigenvalue weighted by atomic mass is 16.1. The molecule has 1 aromatic heterocycles. The third-order valence-electron chi connectivity index (χ3n) is 3.73. The number of hydrogen-bond donors (Lipinski definition) is 1. The summed E-state index contributed by atoms with van der Waals surface area (Å²) in [6.45, 7) is 10.3. The summed E-state index contributed by atoms with van der Waals surface area (Å²) in [6, 6.07) is 11.9.